The summed E-state index contributed by atoms with van der Waals surface area (Å²) >= 11 is 12.6. The number of hydrogen-bond donors (Lipinski definition) is 1. The van der Waals surface area contributed by atoms with Crippen LogP contribution in [-0.4, -0.2) is 11.7 Å². The molecule has 178 valence electrons. The number of ketones is 1. The molecule has 0 saturated heterocycles. The summed E-state index contributed by atoms with van der Waals surface area (Å²) in [5, 5.41) is 4.16. The number of amides is 1. The minimum absolute atomic E-state index is 0.0252. The Morgan fingerprint density at radius 3 is 2.43 bits per heavy atom. The topological polar surface area (TPSA) is 46.2 Å². The quantitative estimate of drug-likeness (QED) is 0.399. The Labute approximate surface area is 216 Å². The van der Waals surface area contributed by atoms with E-state index in [0.29, 0.717) is 21.3 Å². The van der Waals surface area contributed by atoms with E-state index in [1.165, 1.54) is 0 Å². The first-order chi connectivity index (χ1) is 16.6. The van der Waals surface area contributed by atoms with Crippen LogP contribution in [-0.2, 0) is 21.4 Å². The highest BCUT2D eigenvalue weighted by molar-refractivity contribution is 6.31. The SMILES string of the molecule is CC(C)(C)Cc1ccccc1C1=C[C@@]2(C(=O)Nc3cc(Cl)ccc32)[C@H](c2cccc(Cl)c2)CC1=O. The van der Waals surface area contributed by atoms with Crippen LogP contribution < -0.4 is 5.32 Å². The molecule has 0 bridgehead atoms. The molecule has 2 aliphatic rings. The van der Waals surface area contributed by atoms with Crippen LogP contribution >= 0.6 is 23.2 Å². The number of carbonyl (C=O) groups is 2. The van der Waals surface area contributed by atoms with Gasteiger partial charge in [-0.25, -0.2) is 0 Å². The fourth-order valence-electron chi connectivity index (χ4n) is 5.52. The molecule has 0 aromatic heterocycles. The molecule has 1 amide bonds. The van der Waals surface area contributed by atoms with Gasteiger partial charge in [-0.2, -0.15) is 0 Å². The summed E-state index contributed by atoms with van der Waals surface area (Å²) in [6.45, 7) is 6.55. The average molecular weight is 504 g/mol. The van der Waals surface area contributed by atoms with Crippen molar-refractivity contribution in [2.45, 2.75) is 44.9 Å². The molecule has 35 heavy (non-hydrogen) atoms. The van der Waals surface area contributed by atoms with E-state index in [9.17, 15) is 9.59 Å². The van der Waals surface area contributed by atoms with Crippen molar-refractivity contribution < 1.29 is 9.59 Å². The van der Waals surface area contributed by atoms with Gasteiger partial charge in [-0.05, 0) is 58.4 Å². The largest absolute Gasteiger partial charge is 0.325 e. The van der Waals surface area contributed by atoms with E-state index >= 15 is 0 Å². The first-order valence-electron chi connectivity index (χ1n) is 11.8. The monoisotopic (exact) mass is 503 g/mol. The van der Waals surface area contributed by atoms with E-state index in [0.717, 1.165) is 28.7 Å². The molecule has 0 fully saturated rings. The Balaban J connectivity index is 1.77. The zero-order valence-electron chi connectivity index (χ0n) is 20.0. The fraction of sp³-hybridized carbons (Fsp3) is 0.267. The lowest BCUT2D eigenvalue weighted by atomic mass is 9.61. The summed E-state index contributed by atoms with van der Waals surface area (Å²) in [4.78, 5) is 27.6. The Morgan fingerprint density at radius 2 is 1.69 bits per heavy atom. The van der Waals surface area contributed by atoms with E-state index in [-0.39, 0.29) is 23.5 Å². The molecule has 1 heterocycles. The van der Waals surface area contributed by atoms with Gasteiger partial charge < -0.3 is 5.32 Å². The van der Waals surface area contributed by atoms with E-state index in [1.807, 2.05) is 48.5 Å². The lowest BCUT2D eigenvalue weighted by Crippen LogP contribution is -2.43. The molecule has 1 N–H and O–H groups in total. The number of halogens is 2. The Kier molecular flexibility index (Phi) is 5.89. The van der Waals surface area contributed by atoms with Gasteiger partial charge in [0.1, 0.15) is 5.41 Å². The molecule has 5 heteroatoms. The van der Waals surface area contributed by atoms with Crippen molar-refractivity contribution >= 4 is 46.2 Å². The Morgan fingerprint density at radius 1 is 0.943 bits per heavy atom. The summed E-state index contributed by atoms with van der Waals surface area (Å²) in [7, 11) is 0. The van der Waals surface area contributed by atoms with Crippen LogP contribution in [0.1, 0.15) is 55.4 Å². The van der Waals surface area contributed by atoms with Crippen molar-refractivity contribution in [2.75, 3.05) is 5.32 Å². The van der Waals surface area contributed by atoms with Gasteiger partial charge >= 0.3 is 0 Å². The second-order valence-electron chi connectivity index (χ2n) is 10.7. The molecule has 0 unspecified atom stereocenters. The molecule has 3 aromatic carbocycles. The van der Waals surface area contributed by atoms with Gasteiger partial charge in [-0.15, -0.1) is 0 Å². The van der Waals surface area contributed by atoms with Crippen molar-refractivity contribution in [1.82, 2.24) is 0 Å². The molecule has 1 spiro atoms. The lowest BCUT2D eigenvalue weighted by Gasteiger charge is -2.38. The number of Topliss-reactive ketones (excluding diaryl/α,β-unsaturated/α-hetero) is 1. The van der Waals surface area contributed by atoms with Gasteiger partial charge in [0.15, 0.2) is 5.78 Å². The first-order valence-corrected chi connectivity index (χ1v) is 12.6. The minimum Gasteiger partial charge on any atom is -0.325 e. The van der Waals surface area contributed by atoms with Crippen LogP contribution in [0.3, 0.4) is 0 Å². The van der Waals surface area contributed by atoms with E-state index in [4.69, 9.17) is 23.2 Å². The third-order valence-electron chi connectivity index (χ3n) is 6.94. The third kappa shape index (κ3) is 4.22. The predicted octanol–water partition coefficient (Wildman–Crippen LogP) is 7.61. The number of fused-ring (bicyclic) bond motifs is 2. The van der Waals surface area contributed by atoms with Crippen LogP contribution in [0.25, 0.3) is 5.57 Å². The molecule has 0 saturated carbocycles. The van der Waals surface area contributed by atoms with Crippen molar-refractivity contribution in [3.05, 3.63) is 105 Å². The Bertz CT molecular complexity index is 1390. The van der Waals surface area contributed by atoms with Gasteiger partial charge in [0.25, 0.3) is 0 Å². The normalized spacial score (nSPS) is 21.6. The molecule has 3 aromatic rings. The maximum atomic E-state index is 13.8. The minimum atomic E-state index is -1.05. The van der Waals surface area contributed by atoms with Gasteiger partial charge in [0.2, 0.25) is 5.91 Å². The number of nitrogens with one attached hydrogen (secondary N) is 1. The summed E-state index contributed by atoms with van der Waals surface area (Å²) in [5.41, 5.74) is 3.96. The second kappa shape index (κ2) is 8.65. The van der Waals surface area contributed by atoms with Crippen molar-refractivity contribution in [1.29, 1.82) is 0 Å². The first kappa shape index (κ1) is 23.8. The maximum absolute atomic E-state index is 13.8. The van der Waals surface area contributed by atoms with Crippen LogP contribution in [0.4, 0.5) is 5.69 Å². The van der Waals surface area contributed by atoms with Crippen LogP contribution in [0, 0.1) is 5.41 Å². The van der Waals surface area contributed by atoms with Crippen LogP contribution in [0.15, 0.2) is 72.8 Å². The van der Waals surface area contributed by atoms with Crippen LogP contribution in [0.5, 0.6) is 0 Å². The molecule has 0 radical (unpaired) electrons. The maximum Gasteiger partial charge on any atom is 0.239 e. The van der Waals surface area contributed by atoms with Crippen LogP contribution in [0.2, 0.25) is 10.0 Å². The number of allylic oxidation sites excluding steroid dienone is 1. The van der Waals surface area contributed by atoms with Crippen molar-refractivity contribution in [3.8, 4) is 0 Å². The summed E-state index contributed by atoms with van der Waals surface area (Å²) in [6.07, 6.45) is 2.92. The summed E-state index contributed by atoms with van der Waals surface area (Å²) in [5.74, 6) is -0.523. The Hall–Kier alpha value is -2.88. The molecule has 5 rings (SSSR count). The smallest absolute Gasteiger partial charge is 0.239 e. The zero-order chi connectivity index (χ0) is 25.0. The molecule has 2 atom stereocenters. The molecule has 1 aliphatic heterocycles. The standard InChI is InChI=1S/C30H27Cl2NO2/c1-29(2,3)16-19-7-4-5-10-22(19)23-17-30(24-12-11-21(32)14-26(24)33-28(30)35)25(15-27(23)34)18-8-6-9-20(31)13-18/h4-14,17,25H,15-16H2,1-3H3,(H,33,35)/t25-,30-/m0/s1. The molecular weight excluding hydrogens is 477 g/mol. The number of carbonyl (C=O) groups excluding carboxylic acids is 2. The summed E-state index contributed by atoms with van der Waals surface area (Å²) in [6, 6.07) is 21.0. The molecule has 3 nitrogen and oxygen atoms in total. The van der Waals surface area contributed by atoms with E-state index in [2.05, 4.69) is 32.2 Å². The number of hydrogen-bond acceptors (Lipinski definition) is 2. The summed E-state index contributed by atoms with van der Waals surface area (Å²) < 4.78 is 0. The highest BCUT2D eigenvalue weighted by Gasteiger charge is 2.54. The van der Waals surface area contributed by atoms with Gasteiger partial charge in [0, 0.05) is 33.6 Å². The molecular formula is C30H27Cl2NO2. The van der Waals surface area contributed by atoms with E-state index in [1.54, 1.807) is 18.2 Å². The average Bonchev–Trinajstić information content (AvgIpc) is 3.05. The van der Waals surface area contributed by atoms with Gasteiger partial charge in [-0.1, -0.05) is 92.5 Å². The van der Waals surface area contributed by atoms with Gasteiger partial charge in [0.05, 0.1) is 0 Å². The fourth-order valence-corrected chi connectivity index (χ4v) is 5.89. The lowest BCUT2D eigenvalue weighted by molar-refractivity contribution is -0.121. The second-order valence-corrected chi connectivity index (χ2v) is 11.6. The highest BCUT2D eigenvalue weighted by Crippen LogP contribution is 2.54. The highest BCUT2D eigenvalue weighted by atomic mass is 35.5. The number of benzene rings is 3. The molecule has 1 aliphatic carbocycles. The predicted molar refractivity (Wildman–Crippen MR) is 143 cm³/mol. The van der Waals surface area contributed by atoms with Crippen molar-refractivity contribution in [3.63, 3.8) is 0 Å². The van der Waals surface area contributed by atoms with Gasteiger partial charge in [-0.3, -0.25) is 9.59 Å². The number of anilines is 1. The van der Waals surface area contributed by atoms with E-state index < -0.39 is 11.3 Å². The zero-order valence-corrected chi connectivity index (χ0v) is 21.5. The van der Waals surface area contributed by atoms with Crippen molar-refractivity contribution in [2.24, 2.45) is 5.41 Å². The third-order valence-corrected chi connectivity index (χ3v) is 7.41. The number of rotatable bonds is 3.